The molecule has 2 N–H and O–H groups in total. The van der Waals surface area contributed by atoms with Crippen LogP contribution in [0, 0.1) is 5.82 Å². The van der Waals surface area contributed by atoms with Gasteiger partial charge >= 0.3 is 11.9 Å². The zero-order chi connectivity index (χ0) is 15.1. The van der Waals surface area contributed by atoms with Crippen molar-refractivity contribution in [2.75, 3.05) is 0 Å². The molecular formula is C14H12FNO5. The van der Waals surface area contributed by atoms with Gasteiger partial charge in [0.15, 0.2) is 0 Å². The third kappa shape index (κ3) is 2.25. The van der Waals surface area contributed by atoms with Crippen molar-refractivity contribution >= 4 is 22.9 Å². The number of benzene rings is 1. The predicted octanol–water partition coefficient (Wildman–Crippen LogP) is 1.43. The number of cyclic esters (lactones) is 2. The highest BCUT2D eigenvalue weighted by Gasteiger charge is 2.42. The van der Waals surface area contributed by atoms with E-state index in [2.05, 4.69) is 0 Å². The molecule has 1 saturated heterocycles. The minimum Gasteiger partial charge on any atom is -0.464 e. The number of fused-ring (bicyclic) bond motifs is 1. The van der Waals surface area contributed by atoms with Gasteiger partial charge in [-0.05, 0) is 25.1 Å². The summed E-state index contributed by atoms with van der Waals surface area (Å²) >= 11 is 0. The van der Waals surface area contributed by atoms with E-state index >= 15 is 0 Å². The van der Waals surface area contributed by atoms with Crippen LogP contribution in [0.1, 0.15) is 18.4 Å². The maximum atomic E-state index is 13.7. The third-order valence-corrected chi connectivity index (χ3v) is 3.38. The van der Waals surface area contributed by atoms with Gasteiger partial charge < -0.3 is 19.6 Å². The number of ether oxygens (including phenoxy) is 2. The molecule has 1 fully saturated rings. The Balaban J connectivity index is 2.10. The Morgan fingerprint density at radius 1 is 1.24 bits per heavy atom. The lowest BCUT2D eigenvalue weighted by Gasteiger charge is -2.24. The van der Waals surface area contributed by atoms with E-state index < -0.39 is 36.0 Å². The molecule has 0 radical (unpaired) electrons. The highest BCUT2D eigenvalue weighted by molar-refractivity contribution is 6.31. The Kier molecular flexibility index (Phi) is 3.13. The Morgan fingerprint density at radius 2 is 1.90 bits per heavy atom. The second kappa shape index (κ2) is 4.85. The normalized spacial score (nSPS) is 18.6. The van der Waals surface area contributed by atoms with E-state index in [1.807, 2.05) is 0 Å². The lowest BCUT2D eigenvalue weighted by Crippen LogP contribution is -2.35. The molecule has 2 unspecified atom stereocenters. The van der Waals surface area contributed by atoms with E-state index in [1.54, 1.807) is 13.0 Å². The Labute approximate surface area is 118 Å². The molecule has 0 bridgehead atoms. The van der Waals surface area contributed by atoms with Crippen LogP contribution in [0.5, 0.6) is 0 Å². The number of carbonyl (C=O) groups excluding carboxylic acids is 2. The van der Waals surface area contributed by atoms with E-state index in [-0.39, 0.29) is 0 Å². The summed E-state index contributed by atoms with van der Waals surface area (Å²) < 4.78 is 28.8. The summed E-state index contributed by atoms with van der Waals surface area (Å²) in [6.07, 6.45) is 0.221. The number of hydrogen-bond donors (Lipinski definition) is 1. The highest BCUT2D eigenvalue weighted by Crippen LogP contribution is 2.34. The smallest absolute Gasteiger partial charge is 0.420 e. The topological polar surface area (TPSA) is 91.8 Å². The minimum atomic E-state index is -1.19. The molecule has 0 saturated carbocycles. The number of hydrogen-bond acceptors (Lipinski definition) is 6. The van der Waals surface area contributed by atoms with E-state index in [4.69, 9.17) is 19.6 Å². The van der Waals surface area contributed by atoms with Crippen molar-refractivity contribution in [1.82, 2.24) is 0 Å². The number of esters is 2. The quantitative estimate of drug-likeness (QED) is 0.680. The summed E-state index contributed by atoms with van der Waals surface area (Å²) in [6.45, 7) is 1.64. The SMILES string of the molecule is CC(N)C(c1cc(F)cc2ccoc12)C1OC(=O)C(=O)O1. The van der Waals surface area contributed by atoms with Crippen molar-refractivity contribution < 1.29 is 27.9 Å². The summed E-state index contributed by atoms with van der Waals surface area (Å²) in [4.78, 5) is 22.4. The van der Waals surface area contributed by atoms with Crippen LogP contribution in [0.4, 0.5) is 4.39 Å². The predicted molar refractivity (Wildman–Crippen MR) is 68.5 cm³/mol. The van der Waals surface area contributed by atoms with Gasteiger partial charge in [-0.3, -0.25) is 0 Å². The molecule has 1 aromatic carbocycles. The maximum absolute atomic E-state index is 13.7. The molecule has 6 nitrogen and oxygen atoms in total. The molecule has 2 heterocycles. The van der Waals surface area contributed by atoms with Crippen molar-refractivity contribution in [3.8, 4) is 0 Å². The molecule has 1 aliphatic heterocycles. The molecular weight excluding hydrogens is 281 g/mol. The van der Waals surface area contributed by atoms with Crippen LogP contribution in [-0.2, 0) is 19.1 Å². The highest BCUT2D eigenvalue weighted by atomic mass is 19.1. The molecule has 0 spiro atoms. The van der Waals surface area contributed by atoms with Crippen LogP contribution in [0.3, 0.4) is 0 Å². The molecule has 1 aliphatic rings. The Morgan fingerprint density at radius 3 is 2.52 bits per heavy atom. The number of furan rings is 1. The van der Waals surface area contributed by atoms with Crippen molar-refractivity contribution in [3.63, 3.8) is 0 Å². The van der Waals surface area contributed by atoms with Crippen LogP contribution in [0.15, 0.2) is 28.9 Å². The third-order valence-electron chi connectivity index (χ3n) is 3.38. The standard InChI is InChI=1S/C14H12FNO5/c1-6(16)10(14-20-12(17)13(18)21-14)9-5-8(15)4-7-2-3-19-11(7)9/h2-6,10,14H,16H2,1H3. The summed E-state index contributed by atoms with van der Waals surface area (Å²) in [7, 11) is 0. The van der Waals surface area contributed by atoms with Gasteiger partial charge in [0.05, 0.1) is 12.2 Å². The average molecular weight is 293 g/mol. The van der Waals surface area contributed by atoms with Crippen LogP contribution in [-0.4, -0.2) is 24.3 Å². The van der Waals surface area contributed by atoms with E-state index in [9.17, 15) is 14.0 Å². The van der Waals surface area contributed by atoms with Crippen LogP contribution in [0.2, 0.25) is 0 Å². The molecule has 21 heavy (non-hydrogen) atoms. The fraction of sp³-hybridized carbons (Fsp3) is 0.286. The molecule has 3 rings (SSSR count). The van der Waals surface area contributed by atoms with Gasteiger partial charge in [0.25, 0.3) is 6.29 Å². The van der Waals surface area contributed by atoms with Gasteiger partial charge in [-0.25, -0.2) is 14.0 Å². The first-order valence-corrected chi connectivity index (χ1v) is 6.31. The number of nitrogens with two attached hydrogens (primary N) is 1. The largest absolute Gasteiger partial charge is 0.464 e. The summed E-state index contributed by atoms with van der Waals surface area (Å²) in [6, 6.07) is 3.59. The Hall–Kier alpha value is -2.41. The van der Waals surface area contributed by atoms with Gasteiger partial charge in [0.1, 0.15) is 11.4 Å². The van der Waals surface area contributed by atoms with Crippen LogP contribution >= 0.6 is 0 Å². The first-order valence-electron chi connectivity index (χ1n) is 6.31. The van der Waals surface area contributed by atoms with Gasteiger partial charge in [0.2, 0.25) is 0 Å². The van der Waals surface area contributed by atoms with Crippen molar-refractivity contribution in [2.45, 2.75) is 25.2 Å². The van der Waals surface area contributed by atoms with Gasteiger partial charge in [-0.15, -0.1) is 0 Å². The molecule has 1 aromatic heterocycles. The first kappa shape index (κ1) is 13.6. The zero-order valence-corrected chi connectivity index (χ0v) is 11.0. The maximum Gasteiger partial charge on any atom is 0.420 e. The van der Waals surface area contributed by atoms with Gasteiger partial charge in [-0.1, -0.05) is 0 Å². The molecule has 0 aliphatic carbocycles. The average Bonchev–Trinajstić information content (AvgIpc) is 2.97. The second-order valence-electron chi connectivity index (χ2n) is 4.90. The number of carbonyl (C=O) groups is 2. The van der Waals surface area contributed by atoms with E-state index in [0.29, 0.717) is 16.5 Å². The van der Waals surface area contributed by atoms with Crippen LogP contribution in [0.25, 0.3) is 11.0 Å². The summed E-state index contributed by atoms with van der Waals surface area (Å²) in [5, 5.41) is 0.548. The minimum absolute atomic E-state index is 0.387. The zero-order valence-electron chi connectivity index (χ0n) is 11.0. The van der Waals surface area contributed by atoms with Crippen molar-refractivity contribution in [2.24, 2.45) is 5.73 Å². The number of halogens is 1. The van der Waals surface area contributed by atoms with E-state index in [0.717, 1.165) is 0 Å². The van der Waals surface area contributed by atoms with E-state index in [1.165, 1.54) is 18.4 Å². The Bertz CT molecular complexity index is 707. The fourth-order valence-corrected chi connectivity index (χ4v) is 2.47. The lowest BCUT2D eigenvalue weighted by molar-refractivity contribution is -0.150. The molecule has 0 amide bonds. The summed E-state index contributed by atoms with van der Waals surface area (Å²) in [5.41, 5.74) is 6.70. The number of rotatable bonds is 3. The monoisotopic (exact) mass is 293 g/mol. The summed E-state index contributed by atoms with van der Waals surface area (Å²) in [5.74, 6) is -3.39. The molecule has 110 valence electrons. The molecule has 7 heteroatoms. The molecule has 2 atom stereocenters. The molecule has 2 aromatic rings. The van der Waals surface area contributed by atoms with Gasteiger partial charge in [0, 0.05) is 17.0 Å². The first-order chi connectivity index (χ1) is 9.97. The van der Waals surface area contributed by atoms with Crippen LogP contribution < -0.4 is 5.73 Å². The lowest BCUT2D eigenvalue weighted by atomic mass is 9.91. The second-order valence-corrected chi connectivity index (χ2v) is 4.90. The van der Waals surface area contributed by atoms with Crippen molar-refractivity contribution in [1.29, 1.82) is 0 Å². The van der Waals surface area contributed by atoms with Crippen molar-refractivity contribution in [3.05, 3.63) is 35.8 Å². The fourth-order valence-electron chi connectivity index (χ4n) is 2.47. The van der Waals surface area contributed by atoms with Gasteiger partial charge in [-0.2, -0.15) is 0 Å².